The van der Waals surface area contributed by atoms with Crippen molar-refractivity contribution >= 4 is 39.7 Å². The molecule has 0 aliphatic rings. The van der Waals surface area contributed by atoms with Crippen LogP contribution in [0.5, 0.6) is 0 Å². The van der Waals surface area contributed by atoms with Crippen LogP contribution in [0, 0.1) is 10.1 Å². The highest BCUT2D eigenvalue weighted by molar-refractivity contribution is 7.14. The zero-order valence-corrected chi connectivity index (χ0v) is 17.1. The number of nitrogens with one attached hydrogen (secondary N) is 1. The topological polar surface area (TPSA) is 85.1 Å². The zero-order valence-electron chi connectivity index (χ0n) is 15.5. The second-order valence-electron chi connectivity index (χ2n) is 7.24. The number of benzene rings is 2. The predicted octanol–water partition coefficient (Wildman–Crippen LogP) is 5.92. The largest absolute Gasteiger partial charge is 0.298 e. The second kappa shape index (κ2) is 7.69. The summed E-state index contributed by atoms with van der Waals surface area (Å²) in [5, 5.41) is 15.9. The molecule has 1 amide bonds. The van der Waals surface area contributed by atoms with E-state index in [1.807, 2.05) is 17.5 Å². The highest BCUT2D eigenvalue weighted by Gasteiger charge is 2.18. The maximum Gasteiger partial charge on any atom is 0.270 e. The van der Waals surface area contributed by atoms with E-state index in [0.717, 1.165) is 17.3 Å². The summed E-state index contributed by atoms with van der Waals surface area (Å²) in [6.45, 7) is 6.45. The Morgan fingerprint density at radius 2 is 1.86 bits per heavy atom. The Labute approximate surface area is 171 Å². The molecule has 0 radical (unpaired) electrons. The molecule has 8 heteroatoms. The van der Waals surface area contributed by atoms with Crippen molar-refractivity contribution in [3.63, 3.8) is 0 Å². The number of rotatable bonds is 4. The van der Waals surface area contributed by atoms with Crippen LogP contribution in [-0.2, 0) is 5.41 Å². The Morgan fingerprint density at radius 1 is 1.18 bits per heavy atom. The summed E-state index contributed by atoms with van der Waals surface area (Å²) >= 11 is 7.29. The monoisotopic (exact) mass is 415 g/mol. The molecule has 0 spiro atoms. The fraction of sp³-hybridized carbons (Fsp3) is 0.200. The number of nitro groups is 1. The van der Waals surface area contributed by atoms with Crippen molar-refractivity contribution in [2.45, 2.75) is 26.2 Å². The van der Waals surface area contributed by atoms with Crippen LogP contribution in [0.4, 0.5) is 10.8 Å². The van der Waals surface area contributed by atoms with Crippen LogP contribution in [-0.4, -0.2) is 15.8 Å². The molecule has 144 valence electrons. The summed E-state index contributed by atoms with van der Waals surface area (Å²) in [6.07, 6.45) is 0. The number of anilines is 1. The van der Waals surface area contributed by atoms with Gasteiger partial charge in [-0.25, -0.2) is 4.98 Å². The summed E-state index contributed by atoms with van der Waals surface area (Å²) < 4.78 is 0. The average molecular weight is 416 g/mol. The number of nitrogens with zero attached hydrogens (tertiary/aromatic N) is 2. The Morgan fingerprint density at radius 3 is 2.46 bits per heavy atom. The number of carbonyl (C=O) groups is 1. The molecule has 0 bridgehead atoms. The molecular weight excluding hydrogens is 398 g/mol. The third-order valence-electron chi connectivity index (χ3n) is 4.18. The molecule has 0 aliphatic heterocycles. The van der Waals surface area contributed by atoms with E-state index >= 15 is 0 Å². The third-order valence-corrected chi connectivity index (χ3v) is 5.26. The van der Waals surface area contributed by atoms with Gasteiger partial charge in [-0.15, -0.1) is 11.3 Å². The SMILES string of the molecule is CC(C)(C)c1ccc(-c2csc(NC(=O)c3cc([N+](=O)[O-])ccc3Cl)n2)cc1. The smallest absolute Gasteiger partial charge is 0.270 e. The normalized spacial score (nSPS) is 11.3. The molecule has 0 atom stereocenters. The van der Waals surface area contributed by atoms with Gasteiger partial charge in [0.15, 0.2) is 5.13 Å². The number of hydrogen-bond acceptors (Lipinski definition) is 5. The molecule has 3 aromatic rings. The lowest BCUT2D eigenvalue weighted by atomic mass is 9.86. The van der Waals surface area contributed by atoms with Crippen molar-refractivity contribution in [1.82, 2.24) is 4.98 Å². The van der Waals surface area contributed by atoms with Crippen LogP contribution in [0.2, 0.25) is 5.02 Å². The molecule has 28 heavy (non-hydrogen) atoms. The van der Waals surface area contributed by atoms with Gasteiger partial charge in [-0.1, -0.05) is 56.6 Å². The standard InChI is InChI=1S/C20H18ClN3O3S/c1-20(2,3)13-6-4-12(5-7-13)17-11-28-19(22-17)23-18(25)15-10-14(24(26)27)8-9-16(15)21/h4-11H,1-3H3,(H,22,23,25). The van der Waals surface area contributed by atoms with Crippen molar-refractivity contribution in [2.75, 3.05) is 5.32 Å². The lowest BCUT2D eigenvalue weighted by Crippen LogP contribution is -2.12. The van der Waals surface area contributed by atoms with Gasteiger partial charge in [-0.05, 0) is 17.0 Å². The number of non-ortho nitro benzene ring substituents is 1. The number of amides is 1. The lowest BCUT2D eigenvalue weighted by molar-refractivity contribution is -0.384. The summed E-state index contributed by atoms with van der Waals surface area (Å²) in [5.41, 5.74) is 2.80. The van der Waals surface area contributed by atoms with Crippen molar-refractivity contribution in [3.05, 3.63) is 74.1 Å². The van der Waals surface area contributed by atoms with Crippen LogP contribution in [0.25, 0.3) is 11.3 Å². The van der Waals surface area contributed by atoms with E-state index in [9.17, 15) is 14.9 Å². The van der Waals surface area contributed by atoms with Crippen LogP contribution < -0.4 is 5.32 Å². The molecule has 0 saturated carbocycles. The molecule has 6 nitrogen and oxygen atoms in total. The highest BCUT2D eigenvalue weighted by Crippen LogP contribution is 2.29. The number of hydrogen-bond donors (Lipinski definition) is 1. The summed E-state index contributed by atoms with van der Waals surface area (Å²) in [5.74, 6) is -0.544. The summed E-state index contributed by atoms with van der Waals surface area (Å²) in [7, 11) is 0. The minimum atomic E-state index is -0.574. The molecule has 1 heterocycles. The summed E-state index contributed by atoms with van der Waals surface area (Å²) in [6, 6.07) is 11.9. The van der Waals surface area contributed by atoms with Crippen LogP contribution in [0.3, 0.4) is 0 Å². The van der Waals surface area contributed by atoms with Gasteiger partial charge in [0.2, 0.25) is 0 Å². The molecule has 0 aliphatic carbocycles. The minimum absolute atomic E-state index is 0.0298. The van der Waals surface area contributed by atoms with Crippen LogP contribution >= 0.6 is 22.9 Å². The summed E-state index contributed by atoms with van der Waals surface area (Å²) in [4.78, 5) is 27.2. The van der Waals surface area contributed by atoms with E-state index in [1.54, 1.807) is 0 Å². The van der Waals surface area contributed by atoms with Gasteiger partial charge >= 0.3 is 0 Å². The Bertz CT molecular complexity index is 1040. The molecule has 0 fully saturated rings. The van der Waals surface area contributed by atoms with Gasteiger partial charge in [-0.2, -0.15) is 0 Å². The maximum atomic E-state index is 12.5. The number of aromatic nitrogens is 1. The lowest BCUT2D eigenvalue weighted by Gasteiger charge is -2.18. The van der Waals surface area contributed by atoms with Crippen molar-refractivity contribution < 1.29 is 9.72 Å². The second-order valence-corrected chi connectivity index (χ2v) is 8.51. The van der Waals surface area contributed by atoms with Crippen molar-refractivity contribution in [3.8, 4) is 11.3 Å². The number of halogens is 1. The molecule has 0 saturated heterocycles. The van der Waals surface area contributed by atoms with Gasteiger partial charge in [0, 0.05) is 23.1 Å². The van der Waals surface area contributed by atoms with Gasteiger partial charge in [0.25, 0.3) is 11.6 Å². The first-order chi connectivity index (χ1) is 13.1. The van der Waals surface area contributed by atoms with Gasteiger partial charge in [0.05, 0.1) is 21.2 Å². The van der Waals surface area contributed by atoms with E-state index in [-0.39, 0.29) is 21.7 Å². The molecular formula is C20H18ClN3O3S. The Balaban J connectivity index is 1.79. The van der Waals surface area contributed by atoms with Crippen LogP contribution in [0.1, 0.15) is 36.7 Å². The van der Waals surface area contributed by atoms with Gasteiger partial charge in [-0.3, -0.25) is 20.2 Å². The zero-order chi connectivity index (χ0) is 20.5. The van der Waals surface area contributed by atoms with E-state index in [2.05, 4.69) is 43.2 Å². The first-order valence-electron chi connectivity index (χ1n) is 8.47. The van der Waals surface area contributed by atoms with Gasteiger partial charge in [0.1, 0.15) is 0 Å². The highest BCUT2D eigenvalue weighted by atomic mass is 35.5. The first kappa shape index (κ1) is 20.0. The van der Waals surface area contributed by atoms with Gasteiger partial charge < -0.3 is 0 Å². The maximum absolute atomic E-state index is 12.5. The van der Waals surface area contributed by atoms with E-state index in [4.69, 9.17) is 11.6 Å². The van der Waals surface area contributed by atoms with E-state index in [0.29, 0.717) is 5.13 Å². The Kier molecular flexibility index (Phi) is 5.49. The number of nitro benzene ring substituents is 1. The van der Waals surface area contributed by atoms with Crippen LogP contribution in [0.15, 0.2) is 47.8 Å². The predicted molar refractivity (Wildman–Crippen MR) is 112 cm³/mol. The van der Waals surface area contributed by atoms with Crippen molar-refractivity contribution in [2.24, 2.45) is 0 Å². The Hall–Kier alpha value is -2.77. The fourth-order valence-electron chi connectivity index (χ4n) is 2.57. The average Bonchev–Trinajstić information content (AvgIpc) is 3.09. The number of thiazole rings is 1. The number of carbonyl (C=O) groups excluding carboxylic acids is 1. The first-order valence-corrected chi connectivity index (χ1v) is 9.72. The fourth-order valence-corrected chi connectivity index (χ4v) is 3.49. The molecule has 3 rings (SSSR count). The minimum Gasteiger partial charge on any atom is -0.298 e. The third kappa shape index (κ3) is 4.37. The molecule has 1 N–H and O–H groups in total. The quantitative estimate of drug-likeness (QED) is 0.423. The molecule has 2 aromatic carbocycles. The molecule has 0 unspecified atom stereocenters. The van der Waals surface area contributed by atoms with E-state index in [1.165, 1.54) is 29.0 Å². The van der Waals surface area contributed by atoms with E-state index < -0.39 is 10.8 Å². The molecule has 1 aromatic heterocycles. The van der Waals surface area contributed by atoms with Crippen molar-refractivity contribution in [1.29, 1.82) is 0 Å².